The van der Waals surface area contributed by atoms with E-state index in [1.165, 1.54) is 0 Å². The van der Waals surface area contributed by atoms with Gasteiger partial charge in [-0.15, -0.1) is 0 Å². The number of carbonyl (C=O) groups is 1. The largest absolute Gasteiger partial charge is 0.480 e. The van der Waals surface area contributed by atoms with Crippen molar-refractivity contribution < 1.29 is 9.53 Å². The van der Waals surface area contributed by atoms with E-state index in [9.17, 15) is 4.79 Å². The van der Waals surface area contributed by atoms with Crippen LogP contribution in [0.25, 0.3) is 10.9 Å². The van der Waals surface area contributed by atoms with Gasteiger partial charge in [0.1, 0.15) is 5.75 Å². The molecule has 0 amide bonds. The molecule has 4 heteroatoms. The van der Waals surface area contributed by atoms with E-state index in [4.69, 9.17) is 10.5 Å². The molecule has 4 nitrogen and oxygen atoms in total. The van der Waals surface area contributed by atoms with Gasteiger partial charge in [0.05, 0.1) is 5.52 Å². The highest BCUT2D eigenvalue weighted by Crippen LogP contribution is 2.29. The number of hydrogen-bond donors (Lipinski definition) is 1. The van der Waals surface area contributed by atoms with Gasteiger partial charge in [-0.05, 0) is 35.9 Å². The standard InChI is InChI=1S/C17H14N2O2/c18-13-5-6-14-11(9-13)7-8-19(14)17(20)16-10-12-3-1-2-4-15(12)21-16/h1-9,16H,10,18H2. The maximum absolute atomic E-state index is 12.7. The molecule has 0 bridgehead atoms. The summed E-state index contributed by atoms with van der Waals surface area (Å²) in [5, 5.41) is 0.957. The summed E-state index contributed by atoms with van der Waals surface area (Å²) in [5.41, 5.74) is 8.40. The van der Waals surface area contributed by atoms with Crippen molar-refractivity contribution >= 4 is 22.5 Å². The van der Waals surface area contributed by atoms with Crippen LogP contribution in [0.1, 0.15) is 10.4 Å². The van der Waals surface area contributed by atoms with Crippen molar-refractivity contribution in [2.75, 3.05) is 5.73 Å². The second-order valence-electron chi connectivity index (χ2n) is 5.26. The third kappa shape index (κ3) is 1.88. The van der Waals surface area contributed by atoms with E-state index in [0.717, 1.165) is 22.2 Å². The van der Waals surface area contributed by atoms with Gasteiger partial charge in [-0.25, -0.2) is 0 Å². The van der Waals surface area contributed by atoms with Crippen LogP contribution in [0, 0.1) is 0 Å². The Morgan fingerprint density at radius 1 is 1.19 bits per heavy atom. The predicted molar refractivity (Wildman–Crippen MR) is 81.5 cm³/mol. The number of para-hydroxylation sites is 1. The van der Waals surface area contributed by atoms with Crippen LogP contribution in [0.2, 0.25) is 0 Å². The maximum Gasteiger partial charge on any atom is 0.272 e. The molecule has 1 unspecified atom stereocenters. The number of rotatable bonds is 1. The molecule has 21 heavy (non-hydrogen) atoms. The molecule has 1 aromatic heterocycles. The molecular weight excluding hydrogens is 264 g/mol. The lowest BCUT2D eigenvalue weighted by molar-refractivity contribution is 0.0740. The fourth-order valence-corrected chi connectivity index (χ4v) is 2.83. The summed E-state index contributed by atoms with van der Waals surface area (Å²) >= 11 is 0. The first-order valence-electron chi connectivity index (χ1n) is 6.88. The number of nitrogen functional groups attached to an aromatic ring is 1. The molecule has 1 aliphatic rings. The first-order chi connectivity index (χ1) is 10.2. The zero-order chi connectivity index (χ0) is 14.4. The number of anilines is 1. The van der Waals surface area contributed by atoms with Gasteiger partial charge in [0.15, 0.2) is 6.10 Å². The molecular formula is C17H14N2O2. The SMILES string of the molecule is Nc1ccc2c(ccn2C(=O)C2Cc3ccccc3O2)c1. The van der Waals surface area contributed by atoms with E-state index in [0.29, 0.717) is 12.1 Å². The maximum atomic E-state index is 12.7. The van der Waals surface area contributed by atoms with Crippen LogP contribution in [0.3, 0.4) is 0 Å². The minimum absolute atomic E-state index is 0.0500. The fraction of sp³-hybridized carbons (Fsp3) is 0.118. The lowest BCUT2D eigenvalue weighted by atomic mass is 10.1. The van der Waals surface area contributed by atoms with Crippen molar-refractivity contribution in [3.8, 4) is 5.75 Å². The van der Waals surface area contributed by atoms with Crippen LogP contribution in [-0.2, 0) is 6.42 Å². The first kappa shape index (κ1) is 12.0. The highest BCUT2D eigenvalue weighted by Gasteiger charge is 2.30. The first-order valence-corrected chi connectivity index (χ1v) is 6.88. The average Bonchev–Trinajstić information content (AvgIpc) is 3.09. The van der Waals surface area contributed by atoms with Gasteiger partial charge in [0, 0.05) is 23.7 Å². The van der Waals surface area contributed by atoms with Crippen molar-refractivity contribution in [3.05, 3.63) is 60.3 Å². The third-order valence-corrected chi connectivity index (χ3v) is 3.87. The smallest absolute Gasteiger partial charge is 0.272 e. The van der Waals surface area contributed by atoms with E-state index >= 15 is 0 Å². The number of benzene rings is 2. The van der Waals surface area contributed by atoms with Gasteiger partial charge in [-0.3, -0.25) is 9.36 Å². The molecule has 104 valence electrons. The summed E-state index contributed by atoms with van der Waals surface area (Å²) in [6.07, 6.45) is 1.93. The second kappa shape index (κ2) is 4.38. The molecule has 0 saturated carbocycles. The van der Waals surface area contributed by atoms with Gasteiger partial charge in [0.25, 0.3) is 5.91 Å². The summed E-state index contributed by atoms with van der Waals surface area (Å²) < 4.78 is 7.41. The third-order valence-electron chi connectivity index (χ3n) is 3.87. The Kier molecular flexibility index (Phi) is 2.51. The van der Waals surface area contributed by atoms with E-state index in [2.05, 4.69) is 0 Å². The molecule has 0 spiro atoms. The minimum atomic E-state index is -0.462. The highest BCUT2D eigenvalue weighted by atomic mass is 16.5. The van der Waals surface area contributed by atoms with Crippen molar-refractivity contribution in [2.24, 2.45) is 0 Å². The molecule has 2 aromatic carbocycles. The molecule has 0 saturated heterocycles. The van der Waals surface area contributed by atoms with E-state index in [-0.39, 0.29) is 5.91 Å². The number of fused-ring (bicyclic) bond motifs is 2. The molecule has 0 radical (unpaired) electrons. The number of ether oxygens (including phenoxy) is 1. The Balaban J connectivity index is 1.69. The van der Waals surface area contributed by atoms with Crippen LogP contribution in [0.5, 0.6) is 5.75 Å². The zero-order valence-electron chi connectivity index (χ0n) is 11.3. The van der Waals surface area contributed by atoms with Crippen molar-refractivity contribution in [2.45, 2.75) is 12.5 Å². The summed E-state index contributed by atoms with van der Waals surface area (Å²) in [6.45, 7) is 0. The topological polar surface area (TPSA) is 57.2 Å². The number of nitrogens with zero attached hydrogens (tertiary/aromatic N) is 1. The summed E-state index contributed by atoms with van der Waals surface area (Å²) in [7, 11) is 0. The van der Waals surface area contributed by atoms with E-state index in [1.807, 2.05) is 42.5 Å². The fourth-order valence-electron chi connectivity index (χ4n) is 2.83. The number of carbonyl (C=O) groups excluding carboxylic acids is 1. The van der Waals surface area contributed by atoms with Crippen molar-refractivity contribution in [3.63, 3.8) is 0 Å². The van der Waals surface area contributed by atoms with Gasteiger partial charge in [0.2, 0.25) is 0 Å². The number of aromatic nitrogens is 1. The van der Waals surface area contributed by atoms with E-state index < -0.39 is 6.10 Å². The normalized spacial score (nSPS) is 16.7. The molecule has 2 heterocycles. The van der Waals surface area contributed by atoms with Crippen LogP contribution in [-0.4, -0.2) is 16.6 Å². The molecule has 0 fully saturated rings. The summed E-state index contributed by atoms with van der Waals surface area (Å²) in [4.78, 5) is 12.7. The lowest BCUT2D eigenvalue weighted by Gasteiger charge is -2.11. The summed E-state index contributed by atoms with van der Waals surface area (Å²) in [6, 6.07) is 15.2. The molecule has 1 atom stereocenters. The highest BCUT2D eigenvalue weighted by molar-refractivity contribution is 5.96. The van der Waals surface area contributed by atoms with Gasteiger partial charge in [-0.2, -0.15) is 0 Å². The second-order valence-corrected chi connectivity index (χ2v) is 5.26. The van der Waals surface area contributed by atoms with Gasteiger partial charge in [-0.1, -0.05) is 18.2 Å². The average molecular weight is 278 g/mol. The monoisotopic (exact) mass is 278 g/mol. The molecule has 0 aliphatic carbocycles. The Labute approximate surface area is 121 Å². The molecule has 3 aromatic rings. The Morgan fingerprint density at radius 2 is 2.05 bits per heavy atom. The Morgan fingerprint density at radius 3 is 2.90 bits per heavy atom. The Hall–Kier alpha value is -2.75. The predicted octanol–water partition coefficient (Wildman–Crippen LogP) is 2.87. The summed E-state index contributed by atoms with van der Waals surface area (Å²) in [5.74, 6) is 0.752. The van der Waals surface area contributed by atoms with Gasteiger partial charge < -0.3 is 10.5 Å². The number of hydrogen-bond acceptors (Lipinski definition) is 3. The van der Waals surface area contributed by atoms with Crippen LogP contribution in [0.15, 0.2) is 54.7 Å². The molecule has 2 N–H and O–H groups in total. The van der Waals surface area contributed by atoms with Crippen LogP contribution < -0.4 is 10.5 Å². The van der Waals surface area contributed by atoms with Crippen molar-refractivity contribution in [1.82, 2.24) is 4.57 Å². The van der Waals surface area contributed by atoms with Crippen molar-refractivity contribution in [1.29, 1.82) is 0 Å². The zero-order valence-corrected chi connectivity index (χ0v) is 11.3. The van der Waals surface area contributed by atoms with Crippen LogP contribution in [0.4, 0.5) is 5.69 Å². The van der Waals surface area contributed by atoms with Crippen LogP contribution >= 0.6 is 0 Å². The van der Waals surface area contributed by atoms with Gasteiger partial charge >= 0.3 is 0 Å². The molecule has 1 aliphatic heterocycles. The lowest BCUT2D eigenvalue weighted by Crippen LogP contribution is -2.30. The molecule has 4 rings (SSSR count). The minimum Gasteiger partial charge on any atom is -0.480 e. The Bertz CT molecular complexity index is 826. The van der Waals surface area contributed by atoms with E-state index in [1.54, 1.807) is 16.8 Å². The quantitative estimate of drug-likeness (QED) is 0.696. The number of nitrogens with two attached hydrogens (primary N) is 1.